The highest BCUT2D eigenvalue weighted by Crippen LogP contribution is 2.34. The second-order valence-corrected chi connectivity index (χ2v) is 4.79. The van der Waals surface area contributed by atoms with E-state index in [0.29, 0.717) is 0 Å². The summed E-state index contributed by atoms with van der Waals surface area (Å²) in [5, 5.41) is 3.45. The van der Waals surface area contributed by atoms with Crippen LogP contribution in [0, 0.1) is 6.92 Å². The second kappa shape index (κ2) is 3.40. The minimum absolute atomic E-state index is 0.143. The molecule has 2 rings (SSSR count). The molecule has 0 fully saturated rings. The number of rotatable bonds is 1. The van der Waals surface area contributed by atoms with Gasteiger partial charge in [-0.3, -0.25) is 0 Å². The monoisotopic (exact) mass is 205 g/mol. The Labute approximate surface area is 91.5 Å². The Balaban J connectivity index is 2.47. The summed E-state index contributed by atoms with van der Waals surface area (Å²) in [6, 6.07) is 2.17. The Kier molecular flexibility index (Phi) is 2.33. The first-order valence-electron chi connectivity index (χ1n) is 5.53. The molecule has 0 bridgehead atoms. The average Bonchev–Trinajstić information content (AvgIpc) is 2.18. The molecule has 0 spiro atoms. The highest BCUT2D eigenvalue weighted by Gasteiger charge is 2.32. The van der Waals surface area contributed by atoms with Crippen LogP contribution in [0.15, 0.2) is 12.3 Å². The molecule has 1 aliphatic rings. The van der Waals surface area contributed by atoms with Gasteiger partial charge in [0, 0.05) is 19.3 Å². The van der Waals surface area contributed by atoms with Crippen molar-refractivity contribution in [1.82, 2.24) is 4.98 Å². The van der Waals surface area contributed by atoms with Gasteiger partial charge < -0.3 is 10.2 Å². The van der Waals surface area contributed by atoms with Gasteiger partial charge in [0.25, 0.3) is 0 Å². The number of nitrogens with zero attached hydrogens (tertiary/aromatic N) is 2. The number of aromatic nitrogens is 1. The van der Waals surface area contributed by atoms with E-state index in [1.165, 1.54) is 5.56 Å². The van der Waals surface area contributed by atoms with Gasteiger partial charge in [0.05, 0.1) is 11.2 Å². The maximum absolute atomic E-state index is 4.53. The Hall–Kier alpha value is -1.25. The van der Waals surface area contributed by atoms with Crippen molar-refractivity contribution >= 4 is 11.5 Å². The molecule has 0 saturated carbocycles. The highest BCUT2D eigenvalue weighted by molar-refractivity contribution is 5.70. The van der Waals surface area contributed by atoms with Gasteiger partial charge in [0.15, 0.2) is 5.82 Å². The molecular formula is C12H19N3. The molecule has 0 amide bonds. The van der Waals surface area contributed by atoms with Gasteiger partial charge in [-0.05, 0) is 39.3 Å². The maximum Gasteiger partial charge on any atom is 0.152 e. The number of nitrogens with one attached hydrogen (secondary N) is 1. The molecule has 15 heavy (non-hydrogen) atoms. The molecule has 0 atom stereocenters. The third-order valence-corrected chi connectivity index (χ3v) is 3.02. The van der Waals surface area contributed by atoms with Crippen molar-refractivity contribution in [1.29, 1.82) is 0 Å². The van der Waals surface area contributed by atoms with E-state index >= 15 is 0 Å². The summed E-state index contributed by atoms with van der Waals surface area (Å²) in [5.74, 6) is 1.08. The normalized spacial score (nSPS) is 18.3. The van der Waals surface area contributed by atoms with E-state index in [0.717, 1.165) is 24.6 Å². The fourth-order valence-electron chi connectivity index (χ4n) is 2.18. The molecule has 82 valence electrons. The summed E-state index contributed by atoms with van der Waals surface area (Å²) in [4.78, 5) is 6.89. The number of anilines is 2. The first kappa shape index (κ1) is 10.3. The molecular weight excluding hydrogens is 186 g/mol. The van der Waals surface area contributed by atoms with E-state index in [-0.39, 0.29) is 5.54 Å². The van der Waals surface area contributed by atoms with E-state index in [9.17, 15) is 0 Å². The van der Waals surface area contributed by atoms with Gasteiger partial charge >= 0.3 is 0 Å². The minimum Gasteiger partial charge on any atom is -0.380 e. The molecule has 0 saturated heterocycles. The maximum atomic E-state index is 4.53. The lowest BCUT2D eigenvalue weighted by Crippen LogP contribution is -2.52. The van der Waals surface area contributed by atoms with Gasteiger partial charge in [-0.2, -0.15) is 0 Å². The van der Waals surface area contributed by atoms with Gasteiger partial charge in [-0.25, -0.2) is 4.98 Å². The van der Waals surface area contributed by atoms with Crippen LogP contribution >= 0.6 is 0 Å². The van der Waals surface area contributed by atoms with E-state index in [2.05, 4.69) is 49.0 Å². The Bertz CT molecular complexity index is 371. The first-order chi connectivity index (χ1) is 7.04. The smallest absolute Gasteiger partial charge is 0.152 e. The lowest BCUT2D eigenvalue weighted by atomic mass is 9.99. The fourth-order valence-corrected chi connectivity index (χ4v) is 2.18. The molecule has 1 aliphatic heterocycles. The van der Waals surface area contributed by atoms with Crippen molar-refractivity contribution in [2.75, 3.05) is 23.3 Å². The van der Waals surface area contributed by atoms with Crippen molar-refractivity contribution in [2.24, 2.45) is 0 Å². The van der Waals surface area contributed by atoms with Crippen molar-refractivity contribution in [3.05, 3.63) is 17.8 Å². The third-order valence-electron chi connectivity index (χ3n) is 3.02. The van der Waals surface area contributed by atoms with Crippen LogP contribution in [0.1, 0.15) is 26.3 Å². The van der Waals surface area contributed by atoms with E-state index in [1.54, 1.807) is 0 Å². The molecule has 3 heteroatoms. The average molecular weight is 205 g/mol. The van der Waals surface area contributed by atoms with Crippen LogP contribution in [0.25, 0.3) is 0 Å². The lowest BCUT2D eigenvalue weighted by molar-refractivity contribution is 0.475. The molecule has 1 aromatic rings. The molecule has 2 heterocycles. The lowest BCUT2D eigenvalue weighted by Gasteiger charge is -2.44. The second-order valence-electron chi connectivity index (χ2n) is 4.79. The van der Waals surface area contributed by atoms with Crippen LogP contribution in [0.5, 0.6) is 0 Å². The Morgan fingerprint density at radius 1 is 1.53 bits per heavy atom. The molecule has 1 aromatic heterocycles. The molecule has 3 nitrogen and oxygen atoms in total. The van der Waals surface area contributed by atoms with Crippen LogP contribution in [-0.4, -0.2) is 23.6 Å². The quantitative estimate of drug-likeness (QED) is 0.763. The zero-order valence-corrected chi connectivity index (χ0v) is 9.96. The standard InChI is InChI=1S/C12H19N3/c1-5-15-11-10(6-9(2)7-13-11)14-8-12(15,3)4/h6-7,14H,5,8H2,1-4H3. The Morgan fingerprint density at radius 2 is 2.27 bits per heavy atom. The summed E-state index contributed by atoms with van der Waals surface area (Å²) in [6.07, 6.45) is 1.94. The van der Waals surface area contributed by atoms with E-state index in [4.69, 9.17) is 0 Å². The number of hydrogen-bond acceptors (Lipinski definition) is 3. The third kappa shape index (κ3) is 1.66. The van der Waals surface area contributed by atoms with Gasteiger partial charge in [-0.1, -0.05) is 0 Å². The summed E-state index contributed by atoms with van der Waals surface area (Å²) in [5.41, 5.74) is 2.51. The minimum atomic E-state index is 0.143. The van der Waals surface area contributed by atoms with E-state index < -0.39 is 0 Å². The molecule has 1 N–H and O–H groups in total. The zero-order valence-electron chi connectivity index (χ0n) is 9.96. The summed E-state index contributed by atoms with van der Waals surface area (Å²) >= 11 is 0. The number of hydrogen-bond donors (Lipinski definition) is 1. The van der Waals surface area contributed by atoms with Crippen molar-refractivity contribution in [3.8, 4) is 0 Å². The molecule has 0 aliphatic carbocycles. The van der Waals surface area contributed by atoms with Crippen LogP contribution in [-0.2, 0) is 0 Å². The van der Waals surface area contributed by atoms with Crippen LogP contribution in [0.4, 0.5) is 11.5 Å². The fraction of sp³-hybridized carbons (Fsp3) is 0.583. The van der Waals surface area contributed by atoms with Gasteiger partial charge in [-0.15, -0.1) is 0 Å². The van der Waals surface area contributed by atoms with Crippen molar-refractivity contribution in [2.45, 2.75) is 33.2 Å². The van der Waals surface area contributed by atoms with Gasteiger partial charge in [0.2, 0.25) is 0 Å². The van der Waals surface area contributed by atoms with Crippen LogP contribution in [0.2, 0.25) is 0 Å². The van der Waals surface area contributed by atoms with Crippen LogP contribution in [0.3, 0.4) is 0 Å². The Morgan fingerprint density at radius 3 is 2.93 bits per heavy atom. The first-order valence-corrected chi connectivity index (χ1v) is 5.53. The molecule has 0 unspecified atom stereocenters. The number of aryl methyl sites for hydroxylation is 1. The predicted molar refractivity (Wildman–Crippen MR) is 64.6 cm³/mol. The largest absolute Gasteiger partial charge is 0.380 e. The summed E-state index contributed by atoms with van der Waals surface area (Å²) in [6.45, 7) is 10.7. The van der Waals surface area contributed by atoms with E-state index in [1.807, 2.05) is 6.20 Å². The number of fused-ring (bicyclic) bond motifs is 1. The van der Waals surface area contributed by atoms with Gasteiger partial charge in [0.1, 0.15) is 0 Å². The predicted octanol–water partition coefficient (Wildman–Crippen LogP) is 2.42. The van der Waals surface area contributed by atoms with Crippen LogP contribution < -0.4 is 10.2 Å². The topological polar surface area (TPSA) is 28.2 Å². The van der Waals surface area contributed by atoms with Crippen molar-refractivity contribution in [3.63, 3.8) is 0 Å². The zero-order chi connectivity index (χ0) is 11.1. The summed E-state index contributed by atoms with van der Waals surface area (Å²) in [7, 11) is 0. The number of likely N-dealkylation sites (N-methyl/N-ethyl adjacent to an activating group) is 1. The summed E-state index contributed by atoms with van der Waals surface area (Å²) < 4.78 is 0. The highest BCUT2D eigenvalue weighted by atomic mass is 15.3. The van der Waals surface area contributed by atoms with Crippen molar-refractivity contribution < 1.29 is 0 Å². The number of pyridine rings is 1. The molecule has 0 aromatic carbocycles. The SMILES string of the molecule is CCN1c2ncc(C)cc2NCC1(C)C. The molecule has 0 radical (unpaired) electrons.